The summed E-state index contributed by atoms with van der Waals surface area (Å²) < 4.78 is 5.87. The summed E-state index contributed by atoms with van der Waals surface area (Å²) in [5, 5.41) is 0. The Balaban J connectivity index is 1.48. The predicted octanol–water partition coefficient (Wildman–Crippen LogP) is 1.05. The first-order valence-corrected chi connectivity index (χ1v) is 10.4. The van der Waals surface area contributed by atoms with E-state index in [2.05, 4.69) is 19.9 Å². The zero-order valence-corrected chi connectivity index (χ0v) is 16.4. The van der Waals surface area contributed by atoms with Crippen LogP contribution in [0.1, 0.15) is 46.5 Å². The molecule has 1 amide bonds. The van der Waals surface area contributed by atoms with Gasteiger partial charge in [0.15, 0.2) is 0 Å². The second-order valence-electron chi connectivity index (χ2n) is 9.30. The van der Waals surface area contributed by atoms with Crippen molar-refractivity contribution < 1.29 is 19.2 Å². The molecule has 26 heavy (non-hydrogen) atoms. The van der Waals surface area contributed by atoms with Gasteiger partial charge in [-0.3, -0.25) is 9.59 Å². The molecule has 1 N–H and O–H groups in total. The van der Waals surface area contributed by atoms with Gasteiger partial charge < -0.3 is 14.5 Å². The number of amides is 1. The van der Waals surface area contributed by atoms with E-state index in [1.807, 2.05) is 4.90 Å². The normalized spacial score (nSPS) is 40.5. The highest BCUT2D eigenvalue weighted by molar-refractivity contribution is 5.76. The summed E-state index contributed by atoms with van der Waals surface area (Å²) in [4.78, 5) is 27.5. The highest BCUT2D eigenvalue weighted by Crippen LogP contribution is 2.53. The van der Waals surface area contributed by atoms with Crippen molar-refractivity contribution >= 4 is 11.9 Å². The van der Waals surface area contributed by atoms with E-state index in [0.717, 1.165) is 39.1 Å². The smallest absolute Gasteiger partial charge is 0.315 e. The molecule has 2 aliphatic heterocycles. The van der Waals surface area contributed by atoms with Crippen LogP contribution in [-0.4, -0.2) is 55.6 Å². The second kappa shape index (κ2) is 6.66. The van der Waals surface area contributed by atoms with Crippen molar-refractivity contribution in [3.63, 3.8) is 0 Å². The number of carbonyl (C=O) groups is 2. The Hall–Kier alpha value is -1.36. The Morgan fingerprint density at radius 3 is 2.81 bits per heavy atom. The molecule has 0 aromatic heterocycles. The van der Waals surface area contributed by atoms with E-state index in [1.54, 1.807) is 12.5 Å². The number of hydrogen-bond acceptors (Lipinski definition) is 3. The quantitative estimate of drug-likeness (QED) is 0.591. The first-order valence-electron chi connectivity index (χ1n) is 10.4. The second-order valence-corrected chi connectivity index (χ2v) is 9.30. The monoisotopic (exact) mass is 361 g/mol. The van der Waals surface area contributed by atoms with E-state index in [9.17, 15) is 9.59 Å². The Bertz CT molecular complexity index is 623. The van der Waals surface area contributed by atoms with Crippen molar-refractivity contribution in [3.8, 4) is 0 Å². The Kier molecular flexibility index (Phi) is 4.62. The summed E-state index contributed by atoms with van der Waals surface area (Å²) in [6.45, 7) is 10.7. The van der Waals surface area contributed by atoms with Crippen molar-refractivity contribution in [2.75, 3.05) is 32.7 Å². The lowest BCUT2D eigenvalue weighted by atomic mass is 9.59. The molecular formula is C21H33N2O3+. The number of piperazine rings is 1. The van der Waals surface area contributed by atoms with Gasteiger partial charge in [0, 0.05) is 12.8 Å². The maximum atomic E-state index is 12.6. The molecule has 4 rings (SSSR count). The maximum Gasteiger partial charge on any atom is 0.315 e. The first-order chi connectivity index (χ1) is 12.4. The molecule has 1 saturated carbocycles. The van der Waals surface area contributed by atoms with Gasteiger partial charge >= 0.3 is 5.97 Å². The van der Waals surface area contributed by atoms with E-state index in [4.69, 9.17) is 4.74 Å². The lowest BCUT2D eigenvalue weighted by molar-refractivity contribution is -0.906. The number of rotatable bonds is 2. The van der Waals surface area contributed by atoms with Crippen LogP contribution >= 0.6 is 0 Å². The van der Waals surface area contributed by atoms with Gasteiger partial charge in [-0.05, 0) is 30.6 Å². The van der Waals surface area contributed by atoms with Crippen LogP contribution in [0, 0.1) is 23.2 Å². The molecule has 0 aromatic rings. The van der Waals surface area contributed by atoms with Gasteiger partial charge in [0.1, 0.15) is 12.0 Å². The zero-order chi connectivity index (χ0) is 18.5. The van der Waals surface area contributed by atoms with Crippen molar-refractivity contribution in [3.05, 3.63) is 11.6 Å². The lowest BCUT2D eigenvalue weighted by Crippen LogP contribution is -3.15. The van der Waals surface area contributed by atoms with Gasteiger partial charge in [-0.15, -0.1) is 0 Å². The minimum atomic E-state index is -0.00921. The Labute approximate surface area is 156 Å². The van der Waals surface area contributed by atoms with Gasteiger partial charge in [0.05, 0.1) is 32.7 Å². The number of allylic oxidation sites excluding steroid dienone is 1. The first kappa shape index (κ1) is 18.0. The van der Waals surface area contributed by atoms with Crippen molar-refractivity contribution in [1.82, 2.24) is 4.90 Å². The molecule has 0 unspecified atom stereocenters. The number of hydrogen-bond donors (Lipinski definition) is 1. The minimum absolute atomic E-state index is 0.00764. The average Bonchev–Trinajstić information content (AvgIpc) is 2.88. The van der Waals surface area contributed by atoms with Crippen molar-refractivity contribution in [1.29, 1.82) is 0 Å². The minimum Gasteiger partial charge on any atom is -0.461 e. The molecule has 5 nitrogen and oxygen atoms in total. The summed E-state index contributed by atoms with van der Waals surface area (Å²) in [6, 6.07) is 0. The third kappa shape index (κ3) is 3.08. The van der Waals surface area contributed by atoms with E-state index in [1.165, 1.54) is 24.2 Å². The van der Waals surface area contributed by atoms with Crippen molar-refractivity contribution in [2.24, 2.45) is 23.2 Å². The molecule has 0 radical (unpaired) electrons. The molecule has 0 spiro atoms. The van der Waals surface area contributed by atoms with Gasteiger partial charge in [0.2, 0.25) is 5.91 Å². The predicted molar refractivity (Wildman–Crippen MR) is 98.5 cm³/mol. The maximum absolute atomic E-state index is 12.6. The third-order valence-corrected chi connectivity index (χ3v) is 7.51. The van der Waals surface area contributed by atoms with Crippen LogP contribution in [0.5, 0.6) is 0 Å². The van der Waals surface area contributed by atoms with Gasteiger partial charge in [-0.1, -0.05) is 31.9 Å². The Morgan fingerprint density at radius 1 is 1.38 bits per heavy atom. The molecule has 2 saturated heterocycles. The summed E-state index contributed by atoms with van der Waals surface area (Å²) >= 11 is 0. The van der Waals surface area contributed by atoms with E-state index < -0.39 is 0 Å². The fraction of sp³-hybridized carbons (Fsp3) is 0.810. The highest BCUT2D eigenvalue weighted by atomic mass is 16.6. The SMILES string of the molecule is CC(=O)N1CC[NH+](C[C@H]2C(=O)O[C@@H]3C[C@@]4(C)CCC[C@H](C)C4=C[C@@H]32)CC1. The van der Waals surface area contributed by atoms with Gasteiger partial charge in [-0.2, -0.15) is 0 Å². The van der Waals surface area contributed by atoms with Crippen LogP contribution < -0.4 is 4.90 Å². The summed E-state index contributed by atoms with van der Waals surface area (Å²) in [7, 11) is 0. The summed E-state index contributed by atoms with van der Waals surface area (Å²) in [5.41, 5.74) is 1.82. The number of carbonyl (C=O) groups excluding carboxylic acids is 2. The molecule has 0 aromatic carbocycles. The number of esters is 1. The van der Waals surface area contributed by atoms with E-state index in [0.29, 0.717) is 5.92 Å². The molecular weight excluding hydrogens is 328 g/mol. The number of ether oxygens (including phenoxy) is 1. The largest absolute Gasteiger partial charge is 0.461 e. The fourth-order valence-electron chi connectivity index (χ4n) is 5.93. The molecule has 5 atom stereocenters. The van der Waals surface area contributed by atoms with Crippen molar-refractivity contribution in [2.45, 2.75) is 52.6 Å². The zero-order valence-electron chi connectivity index (χ0n) is 16.4. The highest BCUT2D eigenvalue weighted by Gasteiger charge is 2.52. The molecule has 2 heterocycles. The summed E-state index contributed by atoms with van der Waals surface area (Å²) in [6.07, 6.45) is 7.31. The lowest BCUT2D eigenvalue weighted by Gasteiger charge is -2.46. The summed E-state index contributed by atoms with van der Waals surface area (Å²) in [5.74, 6) is 1.05. The fourth-order valence-corrected chi connectivity index (χ4v) is 5.93. The number of quaternary nitrogens is 1. The topological polar surface area (TPSA) is 51.1 Å². The molecule has 144 valence electrons. The van der Waals surface area contributed by atoms with Crippen LogP contribution in [0.4, 0.5) is 0 Å². The van der Waals surface area contributed by atoms with Gasteiger partial charge in [-0.25, -0.2) is 0 Å². The Morgan fingerprint density at radius 2 is 2.12 bits per heavy atom. The average molecular weight is 362 g/mol. The molecule has 5 heteroatoms. The van der Waals surface area contributed by atoms with E-state index in [-0.39, 0.29) is 35.2 Å². The standard InChI is InChI=1S/C21H32N2O3/c1-14-5-4-6-21(3)12-19-16(11-18(14)21)17(20(25)26-19)13-22-7-9-23(10-8-22)15(2)24/h11,14,16-17,19H,4-10,12-13H2,1-3H3/p+1/t14-,16+,17+,19+,21+/m0/s1. The van der Waals surface area contributed by atoms with Gasteiger partial charge in [0.25, 0.3) is 0 Å². The third-order valence-electron chi connectivity index (χ3n) is 7.51. The van der Waals surface area contributed by atoms with Crippen LogP contribution in [0.15, 0.2) is 11.6 Å². The van der Waals surface area contributed by atoms with Crippen LogP contribution in [-0.2, 0) is 14.3 Å². The van der Waals surface area contributed by atoms with Crippen LogP contribution in [0.3, 0.4) is 0 Å². The molecule has 3 fully saturated rings. The number of fused-ring (bicyclic) bond motifs is 2. The van der Waals surface area contributed by atoms with Crippen LogP contribution in [0.25, 0.3) is 0 Å². The number of nitrogens with zero attached hydrogens (tertiary/aromatic N) is 1. The molecule has 2 aliphatic carbocycles. The van der Waals surface area contributed by atoms with E-state index >= 15 is 0 Å². The van der Waals surface area contributed by atoms with Crippen LogP contribution in [0.2, 0.25) is 0 Å². The number of nitrogens with one attached hydrogen (secondary N) is 1. The molecule has 0 bridgehead atoms. The molecule has 4 aliphatic rings.